The van der Waals surface area contributed by atoms with E-state index in [9.17, 15) is 10.1 Å². The summed E-state index contributed by atoms with van der Waals surface area (Å²) >= 11 is 0. The summed E-state index contributed by atoms with van der Waals surface area (Å²) in [4.78, 5) is 17.1. The van der Waals surface area contributed by atoms with Crippen molar-refractivity contribution in [2.24, 2.45) is 0 Å². The SMILES string of the molecule is N#CC1(NC(=O)c2cnn3c(-c4ccccc4)ccnc23)CCCC1. The van der Waals surface area contributed by atoms with Crippen LogP contribution in [0.3, 0.4) is 0 Å². The number of fused-ring (bicyclic) bond motifs is 1. The number of nitrogens with zero attached hydrogens (tertiary/aromatic N) is 4. The Bertz CT molecular complexity index is 964. The van der Waals surface area contributed by atoms with E-state index in [0.29, 0.717) is 24.1 Å². The van der Waals surface area contributed by atoms with Crippen LogP contribution < -0.4 is 5.32 Å². The van der Waals surface area contributed by atoms with E-state index < -0.39 is 5.54 Å². The van der Waals surface area contributed by atoms with Crippen molar-refractivity contribution in [3.63, 3.8) is 0 Å². The first-order chi connectivity index (χ1) is 12.2. The highest BCUT2D eigenvalue weighted by molar-refractivity contribution is 6.00. The van der Waals surface area contributed by atoms with Gasteiger partial charge < -0.3 is 5.32 Å². The maximum Gasteiger partial charge on any atom is 0.258 e. The highest BCUT2D eigenvalue weighted by Gasteiger charge is 2.36. The Morgan fingerprint density at radius 2 is 1.96 bits per heavy atom. The number of carbonyl (C=O) groups excluding carboxylic acids is 1. The smallest absolute Gasteiger partial charge is 0.258 e. The zero-order chi connectivity index (χ0) is 17.3. The first-order valence-electron chi connectivity index (χ1n) is 8.34. The Kier molecular flexibility index (Phi) is 3.69. The maximum atomic E-state index is 12.7. The molecule has 2 heterocycles. The average Bonchev–Trinajstić information content (AvgIpc) is 3.29. The largest absolute Gasteiger partial charge is 0.334 e. The van der Waals surface area contributed by atoms with Crippen LogP contribution in [0, 0.1) is 11.3 Å². The Morgan fingerprint density at radius 1 is 1.20 bits per heavy atom. The van der Waals surface area contributed by atoms with Crippen molar-refractivity contribution < 1.29 is 4.79 Å². The second kappa shape index (κ2) is 6.02. The van der Waals surface area contributed by atoms with E-state index in [-0.39, 0.29) is 5.91 Å². The second-order valence-electron chi connectivity index (χ2n) is 6.34. The van der Waals surface area contributed by atoms with Gasteiger partial charge in [-0.05, 0) is 31.7 Å². The van der Waals surface area contributed by atoms with Gasteiger partial charge in [0.1, 0.15) is 11.1 Å². The van der Waals surface area contributed by atoms with Crippen molar-refractivity contribution in [3.05, 3.63) is 54.4 Å². The van der Waals surface area contributed by atoms with Crippen LogP contribution in [0.2, 0.25) is 0 Å². The van der Waals surface area contributed by atoms with Crippen molar-refractivity contribution in [1.82, 2.24) is 19.9 Å². The van der Waals surface area contributed by atoms with Gasteiger partial charge >= 0.3 is 0 Å². The van der Waals surface area contributed by atoms with Gasteiger partial charge in [-0.1, -0.05) is 30.3 Å². The first kappa shape index (κ1) is 15.3. The molecule has 0 bridgehead atoms. The fourth-order valence-electron chi connectivity index (χ4n) is 3.41. The van der Waals surface area contributed by atoms with E-state index in [4.69, 9.17) is 0 Å². The van der Waals surface area contributed by atoms with Gasteiger partial charge in [-0.3, -0.25) is 4.79 Å². The lowest BCUT2D eigenvalue weighted by Crippen LogP contribution is -2.45. The van der Waals surface area contributed by atoms with Crippen LogP contribution in [0.1, 0.15) is 36.0 Å². The van der Waals surface area contributed by atoms with Gasteiger partial charge in [0.2, 0.25) is 0 Å². The van der Waals surface area contributed by atoms with Gasteiger partial charge in [0.05, 0.1) is 18.0 Å². The second-order valence-corrected chi connectivity index (χ2v) is 6.34. The number of rotatable bonds is 3. The van der Waals surface area contributed by atoms with Crippen molar-refractivity contribution in [1.29, 1.82) is 5.26 Å². The summed E-state index contributed by atoms with van der Waals surface area (Å²) in [6.45, 7) is 0. The summed E-state index contributed by atoms with van der Waals surface area (Å²) in [7, 11) is 0. The predicted octanol–water partition coefficient (Wildman–Crippen LogP) is 2.96. The molecule has 2 aromatic heterocycles. The molecule has 124 valence electrons. The van der Waals surface area contributed by atoms with Crippen molar-refractivity contribution in [2.45, 2.75) is 31.2 Å². The van der Waals surface area contributed by atoms with E-state index in [2.05, 4.69) is 21.5 Å². The van der Waals surface area contributed by atoms with Gasteiger partial charge in [-0.25, -0.2) is 9.50 Å². The van der Waals surface area contributed by atoms with Crippen molar-refractivity contribution in [3.8, 4) is 17.3 Å². The Labute approximate surface area is 145 Å². The Balaban J connectivity index is 1.72. The minimum Gasteiger partial charge on any atom is -0.334 e. The summed E-state index contributed by atoms with van der Waals surface area (Å²) in [5.74, 6) is -0.295. The van der Waals surface area contributed by atoms with Gasteiger partial charge in [0.25, 0.3) is 5.91 Å². The van der Waals surface area contributed by atoms with Crippen LogP contribution in [0.5, 0.6) is 0 Å². The number of benzene rings is 1. The van der Waals surface area contributed by atoms with Crippen LogP contribution in [0.4, 0.5) is 0 Å². The summed E-state index contributed by atoms with van der Waals surface area (Å²) in [5, 5.41) is 16.7. The Morgan fingerprint density at radius 3 is 2.68 bits per heavy atom. The molecule has 0 spiro atoms. The number of hydrogen-bond acceptors (Lipinski definition) is 4. The topological polar surface area (TPSA) is 83.1 Å². The highest BCUT2D eigenvalue weighted by Crippen LogP contribution is 2.29. The lowest BCUT2D eigenvalue weighted by atomic mass is 9.99. The number of amides is 1. The molecule has 6 nitrogen and oxygen atoms in total. The fraction of sp³-hybridized carbons (Fsp3) is 0.263. The molecule has 0 atom stereocenters. The molecular formula is C19H17N5O. The van der Waals surface area contributed by atoms with Crippen molar-refractivity contribution >= 4 is 11.6 Å². The molecule has 25 heavy (non-hydrogen) atoms. The molecule has 4 rings (SSSR count). The van der Waals surface area contributed by atoms with E-state index in [1.807, 2.05) is 36.4 Å². The molecule has 0 radical (unpaired) electrons. The summed E-state index contributed by atoms with van der Waals surface area (Å²) in [6, 6.07) is 14.0. The van der Waals surface area contributed by atoms with E-state index in [0.717, 1.165) is 24.1 Å². The highest BCUT2D eigenvalue weighted by atomic mass is 16.1. The van der Waals surface area contributed by atoms with Gasteiger partial charge in [-0.15, -0.1) is 0 Å². The number of aromatic nitrogens is 3. The van der Waals surface area contributed by atoms with E-state index in [1.54, 1.807) is 10.7 Å². The first-order valence-corrected chi connectivity index (χ1v) is 8.34. The minimum atomic E-state index is -0.762. The minimum absolute atomic E-state index is 0.295. The molecule has 3 aromatic rings. The molecule has 1 amide bonds. The molecule has 1 fully saturated rings. The molecule has 0 unspecified atom stereocenters. The normalized spacial score (nSPS) is 15.8. The molecule has 1 aliphatic carbocycles. The number of hydrogen-bond donors (Lipinski definition) is 1. The van der Waals surface area contributed by atoms with Crippen LogP contribution in [0.15, 0.2) is 48.8 Å². The van der Waals surface area contributed by atoms with Crippen LogP contribution in [0.25, 0.3) is 16.9 Å². The van der Waals surface area contributed by atoms with Gasteiger partial charge in [-0.2, -0.15) is 10.4 Å². The summed E-state index contributed by atoms with van der Waals surface area (Å²) < 4.78 is 1.66. The fourth-order valence-corrected chi connectivity index (χ4v) is 3.41. The number of nitriles is 1. The zero-order valence-corrected chi connectivity index (χ0v) is 13.6. The molecular weight excluding hydrogens is 314 g/mol. The third-order valence-corrected chi connectivity index (χ3v) is 4.74. The Hall–Kier alpha value is -3.20. The molecule has 1 N–H and O–H groups in total. The molecule has 0 aliphatic heterocycles. The number of nitrogens with one attached hydrogen (secondary N) is 1. The summed E-state index contributed by atoms with van der Waals surface area (Å²) in [6.07, 6.45) is 6.49. The molecule has 1 aromatic carbocycles. The number of carbonyl (C=O) groups is 1. The van der Waals surface area contributed by atoms with Crippen molar-refractivity contribution in [2.75, 3.05) is 0 Å². The van der Waals surface area contributed by atoms with E-state index in [1.165, 1.54) is 6.20 Å². The van der Waals surface area contributed by atoms with Crippen LogP contribution in [-0.2, 0) is 0 Å². The van der Waals surface area contributed by atoms with E-state index >= 15 is 0 Å². The molecule has 0 saturated heterocycles. The molecule has 1 saturated carbocycles. The third kappa shape index (κ3) is 2.64. The standard InChI is InChI=1S/C19H17N5O/c20-13-19(9-4-5-10-19)23-18(25)15-12-22-24-16(8-11-21-17(15)24)14-6-2-1-3-7-14/h1-3,6-8,11-12H,4-5,9-10H2,(H,23,25). The monoisotopic (exact) mass is 331 g/mol. The van der Waals surface area contributed by atoms with Crippen LogP contribution in [-0.4, -0.2) is 26.0 Å². The summed E-state index contributed by atoms with van der Waals surface area (Å²) in [5.41, 5.74) is 1.97. The lowest BCUT2D eigenvalue weighted by Gasteiger charge is -2.21. The third-order valence-electron chi connectivity index (χ3n) is 4.74. The average molecular weight is 331 g/mol. The lowest BCUT2D eigenvalue weighted by molar-refractivity contribution is 0.0922. The van der Waals surface area contributed by atoms with Gasteiger partial charge in [0, 0.05) is 11.8 Å². The molecule has 1 aliphatic rings. The van der Waals surface area contributed by atoms with Crippen LogP contribution >= 0.6 is 0 Å². The zero-order valence-electron chi connectivity index (χ0n) is 13.6. The quantitative estimate of drug-likeness (QED) is 0.800. The predicted molar refractivity (Wildman–Crippen MR) is 92.7 cm³/mol. The maximum absolute atomic E-state index is 12.7. The molecule has 6 heteroatoms. The van der Waals surface area contributed by atoms with Gasteiger partial charge in [0.15, 0.2) is 5.65 Å².